The Morgan fingerprint density at radius 2 is 2.17 bits per heavy atom. The zero-order valence-electron chi connectivity index (χ0n) is 10.3. The van der Waals surface area contributed by atoms with Crippen molar-refractivity contribution >= 4 is 21.8 Å². The van der Waals surface area contributed by atoms with Crippen LogP contribution >= 0.6 is 15.9 Å². The van der Waals surface area contributed by atoms with Crippen molar-refractivity contribution in [3.05, 3.63) is 27.7 Å². The number of halogens is 1. The highest BCUT2D eigenvalue weighted by molar-refractivity contribution is 9.10. The Kier molecular flexibility index (Phi) is 3.29. The van der Waals surface area contributed by atoms with E-state index in [1.165, 1.54) is 17.5 Å². The van der Waals surface area contributed by atoms with E-state index in [2.05, 4.69) is 33.0 Å². The lowest BCUT2D eigenvalue weighted by molar-refractivity contribution is 0.331. The number of hydrogen-bond donors (Lipinski definition) is 1. The molecular formula is C14H17BrN2O. The zero-order valence-corrected chi connectivity index (χ0v) is 11.9. The van der Waals surface area contributed by atoms with Gasteiger partial charge < -0.3 is 9.64 Å². The summed E-state index contributed by atoms with van der Waals surface area (Å²) >= 11 is 3.57. The summed E-state index contributed by atoms with van der Waals surface area (Å²) in [5, 5.41) is 8.02. The van der Waals surface area contributed by atoms with Crippen molar-refractivity contribution in [1.82, 2.24) is 4.90 Å². The molecule has 3 nitrogen and oxygen atoms in total. The number of nitrogens with zero attached hydrogens (tertiary/aromatic N) is 1. The molecule has 1 fully saturated rings. The van der Waals surface area contributed by atoms with Gasteiger partial charge in [0.1, 0.15) is 5.75 Å². The highest BCUT2D eigenvalue weighted by atomic mass is 79.9. The van der Waals surface area contributed by atoms with E-state index >= 15 is 0 Å². The zero-order chi connectivity index (χ0) is 12.5. The highest BCUT2D eigenvalue weighted by Gasteiger charge is 2.21. The van der Waals surface area contributed by atoms with Crippen molar-refractivity contribution < 1.29 is 4.74 Å². The first-order chi connectivity index (χ1) is 8.74. The van der Waals surface area contributed by atoms with Gasteiger partial charge >= 0.3 is 0 Å². The molecule has 2 heterocycles. The SMILES string of the molecule is N=C1CCCCN1Cc1cc(Br)cc2c1OCC2. The third-order valence-electron chi connectivity index (χ3n) is 3.66. The van der Waals surface area contributed by atoms with E-state index in [4.69, 9.17) is 10.1 Å². The Bertz CT molecular complexity index is 487. The molecule has 1 aromatic carbocycles. The third-order valence-corrected chi connectivity index (χ3v) is 4.12. The summed E-state index contributed by atoms with van der Waals surface area (Å²) in [6.45, 7) is 2.59. The molecular weight excluding hydrogens is 292 g/mol. The van der Waals surface area contributed by atoms with Crippen LogP contribution in [0.3, 0.4) is 0 Å². The summed E-state index contributed by atoms with van der Waals surface area (Å²) in [6, 6.07) is 4.28. The molecule has 0 radical (unpaired) electrons. The van der Waals surface area contributed by atoms with Gasteiger partial charge in [-0.1, -0.05) is 15.9 Å². The first-order valence-electron chi connectivity index (χ1n) is 6.50. The van der Waals surface area contributed by atoms with Crippen LogP contribution < -0.4 is 4.74 Å². The largest absolute Gasteiger partial charge is 0.493 e. The van der Waals surface area contributed by atoms with Crippen LogP contribution in [0.1, 0.15) is 30.4 Å². The minimum atomic E-state index is 0.771. The minimum Gasteiger partial charge on any atom is -0.493 e. The van der Waals surface area contributed by atoms with Gasteiger partial charge in [-0.25, -0.2) is 0 Å². The van der Waals surface area contributed by atoms with Crippen LogP contribution in [0.25, 0.3) is 0 Å². The highest BCUT2D eigenvalue weighted by Crippen LogP contribution is 2.34. The lowest BCUT2D eigenvalue weighted by Gasteiger charge is -2.29. The van der Waals surface area contributed by atoms with Crippen LogP contribution in [-0.4, -0.2) is 23.9 Å². The van der Waals surface area contributed by atoms with E-state index in [1.807, 2.05) is 0 Å². The molecule has 1 saturated heterocycles. The number of likely N-dealkylation sites (tertiary alicyclic amines) is 1. The molecule has 2 aliphatic rings. The number of rotatable bonds is 2. The smallest absolute Gasteiger partial charge is 0.127 e. The Morgan fingerprint density at radius 3 is 3.00 bits per heavy atom. The van der Waals surface area contributed by atoms with Crippen molar-refractivity contribution in [2.24, 2.45) is 0 Å². The number of amidine groups is 1. The van der Waals surface area contributed by atoms with Gasteiger partial charge in [0.05, 0.1) is 12.4 Å². The van der Waals surface area contributed by atoms with E-state index in [9.17, 15) is 0 Å². The molecule has 0 amide bonds. The third kappa shape index (κ3) is 2.26. The molecule has 96 valence electrons. The molecule has 0 aromatic heterocycles. The van der Waals surface area contributed by atoms with Crippen LogP contribution in [0, 0.1) is 5.41 Å². The summed E-state index contributed by atoms with van der Waals surface area (Å²) in [6.07, 6.45) is 4.26. The lowest BCUT2D eigenvalue weighted by Crippen LogP contribution is -2.34. The fourth-order valence-corrected chi connectivity index (χ4v) is 3.28. The van der Waals surface area contributed by atoms with Crippen molar-refractivity contribution in [2.45, 2.75) is 32.2 Å². The van der Waals surface area contributed by atoms with Gasteiger partial charge in [-0.3, -0.25) is 5.41 Å². The molecule has 1 aromatic rings. The topological polar surface area (TPSA) is 36.3 Å². The second kappa shape index (κ2) is 4.92. The van der Waals surface area contributed by atoms with Crippen LogP contribution in [-0.2, 0) is 13.0 Å². The number of nitrogens with one attached hydrogen (secondary N) is 1. The Morgan fingerprint density at radius 1 is 1.28 bits per heavy atom. The molecule has 0 atom stereocenters. The van der Waals surface area contributed by atoms with Crippen LogP contribution in [0.15, 0.2) is 16.6 Å². The Labute approximate surface area is 116 Å². The quantitative estimate of drug-likeness (QED) is 0.909. The monoisotopic (exact) mass is 308 g/mol. The number of benzene rings is 1. The van der Waals surface area contributed by atoms with Crippen LogP contribution in [0.4, 0.5) is 0 Å². The van der Waals surface area contributed by atoms with Gasteiger partial charge in [-0.05, 0) is 30.5 Å². The Balaban J connectivity index is 1.86. The second-order valence-electron chi connectivity index (χ2n) is 4.98. The average Bonchev–Trinajstić information content (AvgIpc) is 2.80. The number of piperidine rings is 1. The molecule has 0 spiro atoms. The van der Waals surface area contributed by atoms with Crippen molar-refractivity contribution in [3.8, 4) is 5.75 Å². The van der Waals surface area contributed by atoms with E-state index in [0.717, 1.165) is 55.0 Å². The summed E-state index contributed by atoms with van der Waals surface area (Å²) in [5.41, 5.74) is 2.51. The molecule has 1 N–H and O–H groups in total. The first-order valence-corrected chi connectivity index (χ1v) is 7.30. The molecule has 0 saturated carbocycles. The van der Waals surface area contributed by atoms with Gasteiger partial charge in [-0.2, -0.15) is 0 Å². The Hall–Kier alpha value is -1.03. The van der Waals surface area contributed by atoms with Crippen LogP contribution in [0.5, 0.6) is 5.75 Å². The summed E-state index contributed by atoms with van der Waals surface area (Å²) in [7, 11) is 0. The summed E-state index contributed by atoms with van der Waals surface area (Å²) in [5.74, 6) is 1.82. The number of ether oxygens (including phenoxy) is 1. The number of fused-ring (bicyclic) bond motifs is 1. The maximum atomic E-state index is 8.02. The first kappa shape index (κ1) is 12.0. The van der Waals surface area contributed by atoms with Gasteiger partial charge in [0.15, 0.2) is 0 Å². The van der Waals surface area contributed by atoms with Gasteiger partial charge in [0.25, 0.3) is 0 Å². The molecule has 4 heteroatoms. The maximum Gasteiger partial charge on any atom is 0.127 e. The van der Waals surface area contributed by atoms with E-state index in [-0.39, 0.29) is 0 Å². The summed E-state index contributed by atoms with van der Waals surface area (Å²) in [4.78, 5) is 2.17. The molecule has 2 aliphatic heterocycles. The molecule has 18 heavy (non-hydrogen) atoms. The summed E-state index contributed by atoms with van der Waals surface area (Å²) < 4.78 is 6.86. The molecule has 0 aliphatic carbocycles. The van der Waals surface area contributed by atoms with Crippen molar-refractivity contribution in [3.63, 3.8) is 0 Å². The standard InChI is InChI=1S/C14H17BrN2O/c15-12-7-10-4-6-18-14(10)11(8-12)9-17-5-2-1-3-13(17)16/h7-8,16H,1-6,9H2. The van der Waals surface area contributed by atoms with Crippen molar-refractivity contribution in [1.29, 1.82) is 5.41 Å². The maximum absolute atomic E-state index is 8.02. The number of hydrogen-bond acceptors (Lipinski definition) is 2. The van der Waals surface area contributed by atoms with Gasteiger partial charge in [-0.15, -0.1) is 0 Å². The minimum absolute atomic E-state index is 0.771. The predicted octanol–water partition coefficient (Wildman–Crippen LogP) is 3.35. The van der Waals surface area contributed by atoms with E-state index in [1.54, 1.807) is 0 Å². The van der Waals surface area contributed by atoms with Crippen molar-refractivity contribution in [2.75, 3.05) is 13.2 Å². The predicted molar refractivity (Wildman–Crippen MR) is 75.3 cm³/mol. The fraction of sp³-hybridized carbons (Fsp3) is 0.500. The van der Waals surface area contributed by atoms with Crippen LogP contribution in [0.2, 0.25) is 0 Å². The normalized spacial score (nSPS) is 18.7. The van der Waals surface area contributed by atoms with Gasteiger partial charge in [0, 0.05) is 36.0 Å². The molecule has 0 unspecified atom stereocenters. The van der Waals surface area contributed by atoms with Gasteiger partial charge in [0.2, 0.25) is 0 Å². The van der Waals surface area contributed by atoms with E-state index < -0.39 is 0 Å². The average molecular weight is 309 g/mol. The molecule has 3 rings (SSSR count). The molecule has 0 bridgehead atoms. The second-order valence-corrected chi connectivity index (χ2v) is 5.89. The lowest BCUT2D eigenvalue weighted by atomic mass is 10.1. The fourth-order valence-electron chi connectivity index (χ4n) is 2.73. The van der Waals surface area contributed by atoms with E-state index in [0.29, 0.717) is 0 Å².